The maximum Gasteiger partial charge on any atom is 0.311 e. The highest BCUT2D eigenvalue weighted by Crippen LogP contribution is 2.29. The SMILES string of the molecule is O=[N+]([O-])c1ccc(Cl)cc1OCC(O)CN1CCNCC1. The second-order valence-corrected chi connectivity index (χ2v) is 5.32. The van der Waals surface area contributed by atoms with Crippen LogP contribution in [0.5, 0.6) is 5.75 Å². The second-order valence-electron chi connectivity index (χ2n) is 4.88. The number of aliphatic hydroxyl groups excluding tert-OH is 1. The minimum atomic E-state index is -0.707. The highest BCUT2D eigenvalue weighted by molar-refractivity contribution is 6.30. The van der Waals surface area contributed by atoms with Gasteiger partial charge in [0, 0.05) is 49.9 Å². The number of nitrogens with one attached hydrogen (secondary N) is 1. The Morgan fingerprint density at radius 2 is 2.19 bits per heavy atom. The summed E-state index contributed by atoms with van der Waals surface area (Å²) in [5.41, 5.74) is -0.159. The van der Waals surface area contributed by atoms with E-state index in [4.69, 9.17) is 16.3 Å². The molecule has 2 rings (SSSR count). The van der Waals surface area contributed by atoms with Gasteiger partial charge in [-0.2, -0.15) is 0 Å². The number of nitro groups is 1. The first-order valence-corrected chi connectivity index (χ1v) is 7.12. The average Bonchev–Trinajstić information content (AvgIpc) is 2.46. The largest absolute Gasteiger partial charge is 0.484 e. The number of hydrogen-bond acceptors (Lipinski definition) is 6. The van der Waals surface area contributed by atoms with Crippen molar-refractivity contribution in [3.63, 3.8) is 0 Å². The minimum absolute atomic E-state index is 0.00882. The third-order valence-corrected chi connectivity index (χ3v) is 3.46. The highest BCUT2D eigenvalue weighted by Gasteiger charge is 2.18. The molecule has 2 N–H and O–H groups in total. The molecule has 116 valence electrons. The molecule has 1 aromatic rings. The van der Waals surface area contributed by atoms with Crippen LogP contribution in [0.15, 0.2) is 18.2 Å². The normalized spacial score (nSPS) is 17.4. The Balaban J connectivity index is 1.89. The van der Waals surface area contributed by atoms with Crippen LogP contribution < -0.4 is 10.1 Å². The van der Waals surface area contributed by atoms with Crippen LogP contribution in [0.1, 0.15) is 0 Å². The molecule has 21 heavy (non-hydrogen) atoms. The molecule has 0 radical (unpaired) electrons. The van der Waals surface area contributed by atoms with Crippen molar-refractivity contribution in [3.8, 4) is 5.75 Å². The molecule has 1 heterocycles. The Labute approximate surface area is 127 Å². The van der Waals surface area contributed by atoms with Gasteiger partial charge in [-0.05, 0) is 6.07 Å². The molecule has 1 saturated heterocycles. The third-order valence-electron chi connectivity index (χ3n) is 3.23. The van der Waals surface area contributed by atoms with Crippen molar-refractivity contribution < 1.29 is 14.8 Å². The topological polar surface area (TPSA) is 87.9 Å². The van der Waals surface area contributed by atoms with Crippen molar-refractivity contribution >= 4 is 17.3 Å². The van der Waals surface area contributed by atoms with Gasteiger partial charge in [-0.25, -0.2) is 0 Å². The van der Waals surface area contributed by atoms with E-state index in [-0.39, 0.29) is 18.0 Å². The average molecular weight is 316 g/mol. The lowest BCUT2D eigenvalue weighted by atomic mass is 10.3. The van der Waals surface area contributed by atoms with E-state index in [9.17, 15) is 15.2 Å². The van der Waals surface area contributed by atoms with E-state index in [1.54, 1.807) is 0 Å². The first-order chi connectivity index (χ1) is 10.1. The van der Waals surface area contributed by atoms with E-state index in [1.165, 1.54) is 18.2 Å². The predicted octanol–water partition coefficient (Wildman–Crippen LogP) is 0.893. The summed E-state index contributed by atoms with van der Waals surface area (Å²) in [4.78, 5) is 12.5. The standard InChI is InChI=1S/C13H18ClN3O4/c14-10-1-2-12(17(19)20)13(7-10)21-9-11(18)8-16-5-3-15-4-6-16/h1-2,7,11,15,18H,3-6,8-9H2. The molecule has 1 aromatic carbocycles. The summed E-state index contributed by atoms with van der Waals surface area (Å²) in [6.45, 7) is 4.00. The van der Waals surface area contributed by atoms with Gasteiger partial charge in [0.15, 0.2) is 5.75 Å². The molecule has 1 aliphatic rings. The van der Waals surface area contributed by atoms with Crippen LogP contribution in [-0.2, 0) is 0 Å². The lowest BCUT2D eigenvalue weighted by Crippen LogP contribution is -2.47. The minimum Gasteiger partial charge on any atom is -0.484 e. The van der Waals surface area contributed by atoms with E-state index in [0.29, 0.717) is 11.6 Å². The lowest BCUT2D eigenvalue weighted by Gasteiger charge is -2.28. The van der Waals surface area contributed by atoms with Crippen molar-refractivity contribution in [2.24, 2.45) is 0 Å². The van der Waals surface area contributed by atoms with E-state index < -0.39 is 11.0 Å². The van der Waals surface area contributed by atoms with Gasteiger partial charge in [-0.1, -0.05) is 11.6 Å². The number of benzene rings is 1. The first-order valence-electron chi connectivity index (χ1n) is 6.74. The maximum absolute atomic E-state index is 10.9. The van der Waals surface area contributed by atoms with Gasteiger partial charge in [0.1, 0.15) is 12.7 Å². The van der Waals surface area contributed by atoms with Gasteiger partial charge in [0.2, 0.25) is 0 Å². The summed E-state index contributed by atoms with van der Waals surface area (Å²) in [5, 5.41) is 24.5. The van der Waals surface area contributed by atoms with E-state index >= 15 is 0 Å². The molecular formula is C13H18ClN3O4. The third kappa shape index (κ3) is 4.82. The number of hydrogen-bond donors (Lipinski definition) is 2. The van der Waals surface area contributed by atoms with Crippen molar-refractivity contribution in [1.29, 1.82) is 0 Å². The van der Waals surface area contributed by atoms with Crippen molar-refractivity contribution in [2.75, 3.05) is 39.3 Å². The second kappa shape index (κ2) is 7.56. The van der Waals surface area contributed by atoms with Crippen LogP contribution in [0, 0.1) is 10.1 Å². The number of β-amino-alcohol motifs (C(OH)–C–C–N with tert-alkyl or cyclic N) is 1. The molecule has 0 aromatic heterocycles. The molecule has 1 aliphatic heterocycles. The summed E-state index contributed by atoms with van der Waals surface area (Å²) in [6.07, 6.45) is -0.707. The Bertz CT molecular complexity index is 494. The van der Waals surface area contributed by atoms with Gasteiger partial charge in [-0.3, -0.25) is 15.0 Å². The monoisotopic (exact) mass is 315 g/mol. The van der Waals surface area contributed by atoms with Crippen molar-refractivity contribution in [1.82, 2.24) is 10.2 Å². The molecule has 0 bridgehead atoms. The van der Waals surface area contributed by atoms with Gasteiger partial charge in [0.05, 0.1) is 4.92 Å². The summed E-state index contributed by atoms with van der Waals surface area (Å²) in [5.74, 6) is 0.0758. The molecule has 8 heteroatoms. The number of aliphatic hydroxyl groups is 1. The smallest absolute Gasteiger partial charge is 0.311 e. The summed E-state index contributed by atoms with van der Waals surface area (Å²) >= 11 is 5.81. The highest BCUT2D eigenvalue weighted by atomic mass is 35.5. The summed E-state index contributed by atoms with van der Waals surface area (Å²) in [7, 11) is 0. The number of rotatable bonds is 6. The van der Waals surface area contributed by atoms with Crippen molar-refractivity contribution in [3.05, 3.63) is 33.3 Å². The maximum atomic E-state index is 10.9. The quantitative estimate of drug-likeness (QED) is 0.599. The van der Waals surface area contributed by atoms with Gasteiger partial charge >= 0.3 is 5.69 Å². The van der Waals surface area contributed by atoms with E-state index in [2.05, 4.69) is 10.2 Å². The van der Waals surface area contributed by atoms with Crippen molar-refractivity contribution in [2.45, 2.75) is 6.10 Å². The Kier molecular flexibility index (Phi) is 5.75. The zero-order valence-corrected chi connectivity index (χ0v) is 12.3. The number of piperazine rings is 1. The van der Waals surface area contributed by atoms with E-state index in [1.807, 2.05) is 0 Å². The van der Waals surface area contributed by atoms with Crippen LogP contribution in [0.2, 0.25) is 5.02 Å². The van der Waals surface area contributed by atoms with Crippen LogP contribution in [0.4, 0.5) is 5.69 Å². The number of nitrogens with zero attached hydrogens (tertiary/aromatic N) is 2. The van der Waals surface area contributed by atoms with Gasteiger partial charge in [0.25, 0.3) is 0 Å². The molecule has 7 nitrogen and oxygen atoms in total. The van der Waals surface area contributed by atoms with Gasteiger partial charge in [-0.15, -0.1) is 0 Å². The van der Waals surface area contributed by atoms with Crippen LogP contribution in [-0.4, -0.2) is 60.4 Å². The Morgan fingerprint density at radius 1 is 1.48 bits per heavy atom. The Morgan fingerprint density at radius 3 is 2.86 bits per heavy atom. The molecule has 1 atom stereocenters. The fourth-order valence-corrected chi connectivity index (χ4v) is 2.35. The van der Waals surface area contributed by atoms with Crippen LogP contribution in [0.3, 0.4) is 0 Å². The molecule has 1 fully saturated rings. The fraction of sp³-hybridized carbons (Fsp3) is 0.538. The van der Waals surface area contributed by atoms with E-state index in [0.717, 1.165) is 26.2 Å². The zero-order valence-electron chi connectivity index (χ0n) is 11.5. The Hall–Kier alpha value is -1.41. The molecule has 0 spiro atoms. The fourth-order valence-electron chi connectivity index (χ4n) is 2.18. The zero-order chi connectivity index (χ0) is 15.2. The first kappa shape index (κ1) is 16.0. The number of ether oxygens (including phenoxy) is 1. The molecule has 1 unspecified atom stereocenters. The van der Waals surface area contributed by atoms with Crippen LogP contribution in [0.25, 0.3) is 0 Å². The van der Waals surface area contributed by atoms with Crippen LogP contribution >= 0.6 is 11.6 Å². The molecule has 0 amide bonds. The molecular weight excluding hydrogens is 298 g/mol. The summed E-state index contributed by atoms with van der Waals surface area (Å²) < 4.78 is 5.36. The number of nitro benzene ring substituents is 1. The molecule has 0 aliphatic carbocycles. The predicted molar refractivity (Wildman–Crippen MR) is 78.9 cm³/mol. The van der Waals surface area contributed by atoms with Gasteiger partial charge < -0.3 is 15.2 Å². The molecule has 0 saturated carbocycles. The summed E-state index contributed by atoms with van der Waals surface area (Å²) in [6, 6.07) is 4.11. The number of halogens is 1. The lowest BCUT2D eigenvalue weighted by molar-refractivity contribution is -0.385.